The zero-order chi connectivity index (χ0) is 17.2. The van der Waals surface area contributed by atoms with Gasteiger partial charge in [-0.15, -0.1) is 0 Å². The smallest absolute Gasteiger partial charge is 0 e. The molecule has 1 saturated carbocycles. The average molecular weight is 422 g/mol. The van der Waals surface area contributed by atoms with E-state index >= 15 is 0 Å². The predicted octanol–water partition coefficient (Wildman–Crippen LogP) is 7.38. The summed E-state index contributed by atoms with van der Waals surface area (Å²) in [6.45, 7) is 4.58. The minimum Gasteiger partial charge on any atom is -0.0649 e. The van der Waals surface area contributed by atoms with Crippen LogP contribution in [-0.2, 0) is 32.6 Å². The minimum absolute atomic E-state index is 0. The topological polar surface area (TPSA) is 0 Å². The van der Waals surface area contributed by atoms with Crippen molar-refractivity contribution in [2.45, 2.75) is 64.7 Å². The number of hydrogen-bond acceptors (Lipinski definition) is 0. The number of allylic oxidation sites excluding steroid dienone is 1. The second kappa shape index (κ2) is 8.83. The van der Waals surface area contributed by atoms with Crippen molar-refractivity contribution >= 4 is 6.08 Å². The largest absolute Gasteiger partial charge is 0.0649 e. The summed E-state index contributed by atoms with van der Waals surface area (Å²) in [5, 5.41) is 0. The molecular formula is C25H30Zr. The number of fused-ring (bicyclic) bond motifs is 1. The molecule has 2 aliphatic carbocycles. The predicted molar refractivity (Wildman–Crippen MR) is 109 cm³/mol. The Labute approximate surface area is 178 Å². The van der Waals surface area contributed by atoms with Crippen LogP contribution in [0.2, 0.25) is 0 Å². The normalized spacial score (nSPS) is 17.5. The van der Waals surface area contributed by atoms with Gasteiger partial charge in [0, 0.05) is 26.2 Å². The Bertz CT molecular complexity index is 763. The molecule has 26 heavy (non-hydrogen) atoms. The molecule has 1 fully saturated rings. The average Bonchev–Trinajstić information content (AvgIpc) is 3.30. The van der Waals surface area contributed by atoms with E-state index in [1.54, 1.807) is 5.57 Å². The van der Waals surface area contributed by atoms with Crippen LogP contribution in [0.5, 0.6) is 0 Å². The molecule has 4 rings (SSSR count). The van der Waals surface area contributed by atoms with Crippen LogP contribution in [0.1, 0.15) is 75.0 Å². The van der Waals surface area contributed by atoms with Crippen molar-refractivity contribution in [1.82, 2.24) is 0 Å². The quantitative estimate of drug-likeness (QED) is 0.472. The van der Waals surface area contributed by atoms with E-state index in [2.05, 4.69) is 62.4 Å². The molecule has 1 atom stereocenters. The molecule has 134 valence electrons. The van der Waals surface area contributed by atoms with Gasteiger partial charge in [-0.25, -0.2) is 0 Å². The third-order valence-corrected chi connectivity index (χ3v) is 6.39. The Morgan fingerprint density at radius 2 is 1.73 bits per heavy atom. The standard InChI is InChI=1S/C25H30.Zr/c1-3-18(2)21-11-13-22(14-12-21)24-10-6-9-23-16-20(17-25(23)24)15-19-7-4-5-8-19;/h6,9-14,17-19H,3-5,7-8,15-16H2,1-2H3;. The van der Waals surface area contributed by atoms with Gasteiger partial charge >= 0.3 is 0 Å². The molecular weight excluding hydrogens is 391 g/mol. The van der Waals surface area contributed by atoms with Crippen LogP contribution in [0.3, 0.4) is 0 Å². The number of hydrogen-bond donors (Lipinski definition) is 0. The summed E-state index contributed by atoms with van der Waals surface area (Å²) in [6, 6.07) is 16.1. The molecule has 0 N–H and O–H groups in total. The first kappa shape index (κ1) is 19.8. The molecule has 0 aromatic heterocycles. The van der Waals surface area contributed by atoms with Gasteiger partial charge in [-0.3, -0.25) is 0 Å². The Kier molecular flexibility index (Phi) is 6.73. The van der Waals surface area contributed by atoms with Crippen LogP contribution >= 0.6 is 0 Å². The van der Waals surface area contributed by atoms with Crippen LogP contribution < -0.4 is 0 Å². The van der Waals surface area contributed by atoms with Crippen LogP contribution in [0, 0.1) is 5.92 Å². The zero-order valence-corrected chi connectivity index (χ0v) is 18.7. The summed E-state index contributed by atoms with van der Waals surface area (Å²) < 4.78 is 0. The second-order valence-corrected chi connectivity index (χ2v) is 8.14. The van der Waals surface area contributed by atoms with Crippen molar-refractivity contribution in [3.63, 3.8) is 0 Å². The van der Waals surface area contributed by atoms with Crippen molar-refractivity contribution in [3.8, 4) is 11.1 Å². The summed E-state index contributed by atoms with van der Waals surface area (Å²) in [6.07, 6.45) is 12.0. The van der Waals surface area contributed by atoms with Gasteiger partial charge in [-0.1, -0.05) is 93.6 Å². The van der Waals surface area contributed by atoms with E-state index in [9.17, 15) is 0 Å². The fraction of sp³-hybridized carbons (Fsp3) is 0.440. The summed E-state index contributed by atoms with van der Waals surface area (Å²) >= 11 is 0. The molecule has 2 aliphatic rings. The van der Waals surface area contributed by atoms with Gasteiger partial charge in [-0.2, -0.15) is 0 Å². The van der Waals surface area contributed by atoms with Crippen molar-refractivity contribution < 1.29 is 26.2 Å². The molecule has 2 aromatic carbocycles. The minimum atomic E-state index is 0. The second-order valence-electron chi connectivity index (χ2n) is 8.14. The first-order valence-corrected chi connectivity index (χ1v) is 10.2. The first-order valence-electron chi connectivity index (χ1n) is 10.2. The molecule has 1 unspecified atom stereocenters. The van der Waals surface area contributed by atoms with Crippen molar-refractivity contribution in [3.05, 3.63) is 64.7 Å². The zero-order valence-electron chi connectivity index (χ0n) is 16.2. The van der Waals surface area contributed by atoms with Crippen molar-refractivity contribution in [2.75, 3.05) is 0 Å². The molecule has 0 aliphatic heterocycles. The van der Waals surface area contributed by atoms with E-state index < -0.39 is 0 Å². The summed E-state index contributed by atoms with van der Waals surface area (Å²) in [7, 11) is 0. The molecule has 0 radical (unpaired) electrons. The van der Waals surface area contributed by atoms with Crippen LogP contribution in [0.15, 0.2) is 48.0 Å². The maximum Gasteiger partial charge on any atom is 0 e. The summed E-state index contributed by atoms with van der Waals surface area (Å²) in [5.74, 6) is 1.59. The van der Waals surface area contributed by atoms with E-state index in [1.165, 1.54) is 72.8 Å². The van der Waals surface area contributed by atoms with Gasteiger partial charge in [-0.05, 0) is 58.9 Å². The summed E-state index contributed by atoms with van der Waals surface area (Å²) in [4.78, 5) is 0. The van der Waals surface area contributed by atoms with Crippen molar-refractivity contribution in [2.24, 2.45) is 5.92 Å². The maximum atomic E-state index is 2.51. The van der Waals surface area contributed by atoms with Crippen LogP contribution in [0.4, 0.5) is 0 Å². The molecule has 2 aromatic rings. The fourth-order valence-corrected chi connectivity index (χ4v) is 4.63. The van der Waals surface area contributed by atoms with E-state index in [0.29, 0.717) is 5.92 Å². The van der Waals surface area contributed by atoms with Gasteiger partial charge in [0.15, 0.2) is 0 Å². The summed E-state index contributed by atoms with van der Waals surface area (Å²) in [5.41, 5.74) is 8.89. The van der Waals surface area contributed by atoms with Gasteiger partial charge in [0.05, 0.1) is 0 Å². The van der Waals surface area contributed by atoms with E-state index in [0.717, 1.165) is 5.92 Å². The third-order valence-electron chi connectivity index (χ3n) is 6.39. The Balaban J connectivity index is 0.00000196. The Hall–Kier alpha value is -0.937. The maximum absolute atomic E-state index is 2.51. The monoisotopic (exact) mass is 420 g/mol. The third kappa shape index (κ3) is 4.14. The van der Waals surface area contributed by atoms with Gasteiger partial charge in [0.2, 0.25) is 0 Å². The molecule has 0 heterocycles. The van der Waals surface area contributed by atoms with Gasteiger partial charge in [0.25, 0.3) is 0 Å². The molecule has 0 saturated heterocycles. The number of benzene rings is 2. The first-order chi connectivity index (χ1) is 12.2. The molecule has 0 bridgehead atoms. The number of rotatable bonds is 5. The Morgan fingerprint density at radius 3 is 2.42 bits per heavy atom. The van der Waals surface area contributed by atoms with Gasteiger partial charge < -0.3 is 0 Å². The molecule has 0 nitrogen and oxygen atoms in total. The molecule has 0 spiro atoms. The van der Waals surface area contributed by atoms with E-state index in [4.69, 9.17) is 0 Å². The fourth-order valence-electron chi connectivity index (χ4n) is 4.63. The molecule has 0 amide bonds. The Morgan fingerprint density at radius 1 is 1.00 bits per heavy atom. The van der Waals surface area contributed by atoms with Gasteiger partial charge in [0.1, 0.15) is 0 Å². The van der Waals surface area contributed by atoms with E-state index in [-0.39, 0.29) is 26.2 Å². The molecule has 1 heteroatoms. The SMILES string of the molecule is CCC(C)c1ccc(-c2cccc3c2C=C(CC2CCCC2)C3)cc1.[Zr]. The van der Waals surface area contributed by atoms with Crippen LogP contribution in [0.25, 0.3) is 17.2 Å². The van der Waals surface area contributed by atoms with E-state index in [1.807, 2.05) is 0 Å². The van der Waals surface area contributed by atoms with Crippen molar-refractivity contribution in [1.29, 1.82) is 0 Å². The van der Waals surface area contributed by atoms with Crippen LogP contribution in [-0.4, -0.2) is 0 Å².